The van der Waals surface area contributed by atoms with Gasteiger partial charge in [-0.05, 0) is 31.9 Å². The third kappa shape index (κ3) is 3.89. The van der Waals surface area contributed by atoms with Crippen LogP contribution in [0.5, 0.6) is 0 Å². The van der Waals surface area contributed by atoms with Crippen LogP contribution < -0.4 is 0 Å². The quantitative estimate of drug-likeness (QED) is 0.255. The zero-order chi connectivity index (χ0) is 16.7. The highest BCUT2D eigenvalue weighted by Gasteiger charge is 2.12. The first-order valence-corrected chi connectivity index (χ1v) is 7.69. The van der Waals surface area contributed by atoms with Crippen LogP contribution >= 0.6 is 0 Å². The number of aryl methyl sites for hydroxylation is 1. The van der Waals surface area contributed by atoms with E-state index in [9.17, 15) is 10.1 Å². The van der Waals surface area contributed by atoms with Gasteiger partial charge in [0.1, 0.15) is 11.6 Å². The van der Waals surface area contributed by atoms with Gasteiger partial charge in [0.2, 0.25) is 0 Å². The highest BCUT2D eigenvalue weighted by atomic mass is 16.5. The summed E-state index contributed by atoms with van der Waals surface area (Å²) in [7, 11) is 0. The predicted molar refractivity (Wildman–Crippen MR) is 91.6 cm³/mol. The van der Waals surface area contributed by atoms with Gasteiger partial charge in [-0.3, -0.25) is 0 Å². The Kier molecular flexibility index (Phi) is 5.76. The first-order valence-electron chi connectivity index (χ1n) is 7.69. The maximum atomic E-state index is 11.8. The van der Waals surface area contributed by atoms with E-state index in [1.807, 2.05) is 42.6 Å². The van der Waals surface area contributed by atoms with Crippen LogP contribution in [0.1, 0.15) is 25.3 Å². The highest BCUT2D eigenvalue weighted by molar-refractivity contribution is 6.01. The number of carbonyl (C=O) groups excluding carboxylic acids is 1. The maximum Gasteiger partial charge on any atom is 0.348 e. The molecular formula is C19H20N2O2. The van der Waals surface area contributed by atoms with E-state index in [-0.39, 0.29) is 12.2 Å². The molecule has 0 aliphatic rings. The normalized spacial score (nSPS) is 11.2. The lowest BCUT2D eigenvalue weighted by atomic mass is 10.1. The Morgan fingerprint density at radius 3 is 2.91 bits per heavy atom. The minimum absolute atomic E-state index is 0.0147. The van der Waals surface area contributed by atoms with Crippen LogP contribution in [0.3, 0.4) is 0 Å². The average molecular weight is 308 g/mol. The van der Waals surface area contributed by atoms with Crippen molar-refractivity contribution in [2.24, 2.45) is 0 Å². The van der Waals surface area contributed by atoms with Crippen molar-refractivity contribution >= 4 is 22.9 Å². The molecule has 0 amide bonds. The third-order valence-electron chi connectivity index (χ3n) is 3.54. The first kappa shape index (κ1) is 16.6. The number of rotatable bonds is 7. The number of carbonyl (C=O) groups is 1. The van der Waals surface area contributed by atoms with E-state index in [2.05, 4.69) is 11.1 Å². The van der Waals surface area contributed by atoms with Gasteiger partial charge in [-0.15, -0.1) is 6.58 Å². The van der Waals surface area contributed by atoms with Crippen LogP contribution in [0.4, 0.5) is 0 Å². The lowest BCUT2D eigenvalue weighted by molar-refractivity contribution is -0.137. The van der Waals surface area contributed by atoms with E-state index >= 15 is 0 Å². The second-order valence-electron chi connectivity index (χ2n) is 5.12. The van der Waals surface area contributed by atoms with E-state index in [1.54, 1.807) is 13.0 Å². The first-order chi connectivity index (χ1) is 11.2. The van der Waals surface area contributed by atoms with Crippen molar-refractivity contribution in [3.63, 3.8) is 0 Å². The van der Waals surface area contributed by atoms with Crippen molar-refractivity contribution in [2.75, 3.05) is 6.61 Å². The van der Waals surface area contributed by atoms with Crippen molar-refractivity contribution < 1.29 is 9.53 Å². The van der Waals surface area contributed by atoms with Crippen molar-refractivity contribution in [3.05, 3.63) is 54.3 Å². The largest absolute Gasteiger partial charge is 0.462 e. The van der Waals surface area contributed by atoms with Gasteiger partial charge in [-0.1, -0.05) is 24.3 Å². The summed E-state index contributed by atoms with van der Waals surface area (Å²) >= 11 is 0. The maximum absolute atomic E-state index is 11.8. The zero-order valence-electron chi connectivity index (χ0n) is 13.3. The molecule has 0 N–H and O–H groups in total. The summed E-state index contributed by atoms with van der Waals surface area (Å²) in [6, 6.07) is 9.89. The molecule has 4 nitrogen and oxygen atoms in total. The minimum atomic E-state index is -0.585. The molecule has 0 saturated heterocycles. The van der Waals surface area contributed by atoms with Gasteiger partial charge in [-0.25, -0.2) is 4.79 Å². The SMILES string of the molecule is C=CCCCn1cc(/C=C(\C#N)C(=O)OCC)c2ccccc21. The number of allylic oxidation sites excluding steroid dienone is 1. The molecule has 2 rings (SSSR count). The summed E-state index contributed by atoms with van der Waals surface area (Å²) in [5.74, 6) is -0.585. The van der Waals surface area contributed by atoms with Gasteiger partial charge in [-0.2, -0.15) is 5.26 Å². The molecule has 0 fully saturated rings. The molecule has 0 unspecified atom stereocenters. The minimum Gasteiger partial charge on any atom is -0.462 e. The van der Waals surface area contributed by atoms with Crippen LogP contribution in [0.2, 0.25) is 0 Å². The van der Waals surface area contributed by atoms with E-state index in [1.165, 1.54) is 0 Å². The smallest absolute Gasteiger partial charge is 0.348 e. The number of nitrogens with zero attached hydrogens (tertiary/aromatic N) is 2. The van der Waals surface area contributed by atoms with Gasteiger partial charge in [0.15, 0.2) is 0 Å². The second kappa shape index (κ2) is 8.00. The van der Waals surface area contributed by atoms with Gasteiger partial charge >= 0.3 is 5.97 Å². The molecule has 0 bridgehead atoms. The molecule has 2 aromatic rings. The average Bonchev–Trinajstić information content (AvgIpc) is 2.91. The van der Waals surface area contributed by atoms with Gasteiger partial charge in [0.25, 0.3) is 0 Å². The molecule has 1 aromatic heterocycles. The summed E-state index contributed by atoms with van der Waals surface area (Å²) in [6.07, 6.45) is 7.42. The molecule has 0 spiro atoms. The van der Waals surface area contributed by atoms with E-state index in [0.717, 1.165) is 35.9 Å². The monoisotopic (exact) mass is 308 g/mol. The zero-order valence-corrected chi connectivity index (χ0v) is 13.3. The summed E-state index contributed by atoms with van der Waals surface area (Å²) < 4.78 is 7.06. The Labute approximate surface area is 136 Å². The molecule has 23 heavy (non-hydrogen) atoms. The lowest BCUT2D eigenvalue weighted by Gasteiger charge is -2.03. The topological polar surface area (TPSA) is 55.0 Å². The second-order valence-corrected chi connectivity index (χ2v) is 5.12. The summed E-state index contributed by atoms with van der Waals surface area (Å²) in [5, 5.41) is 10.2. The Balaban J connectivity index is 2.42. The highest BCUT2D eigenvalue weighted by Crippen LogP contribution is 2.24. The van der Waals surface area contributed by atoms with E-state index in [0.29, 0.717) is 0 Å². The number of esters is 1. The molecular weight excluding hydrogens is 288 g/mol. The van der Waals surface area contributed by atoms with Crippen LogP contribution in [0.25, 0.3) is 17.0 Å². The number of aromatic nitrogens is 1. The molecule has 0 saturated carbocycles. The fourth-order valence-corrected chi connectivity index (χ4v) is 2.48. The fourth-order valence-electron chi connectivity index (χ4n) is 2.48. The van der Waals surface area contributed by atoms with Crippen LogP contribution in [-0.2, 0) is 16.1 Å². The van der Waals surface area contributed by atoms with Gasteiger partial charge < -0.3 is 9.30 Å². The molecule has 4 heteroatoms. The standard InChI is InChI=1S/C19H20N2O2/c1-3-5-8-11-21-14-16(17-9-6-7-10-18(17)21)12-15(13-20)19(22)23-4-2/h3,6-7,9-10,12,14H,1,4-5,8,11H2,2H3/b15-12+. The molecule has 1 heterocycles. The lowest BCUT2D eigenvalue weighted by Crippen LogP contribution is -2.05. The van der Waals surface area contributed by atoms with Crippen molar-refractivity contribution in [2.45, 2.75) is 26.3 Å². The Bertz CT molecular complexity index is 778. The third-order valence-corrected chi connectivity index (χ3v) is 3.54. The number of hydrogen-bond donors (Lipinski definition) is 0. The number of para-hydroxylation sites is 1. The van der Waals surface area contributed by atoms with Crippen molar-refractivity contribution in [1.29, 1.82) is 5.26 Å². The number of hydrogen-bond acceptors (Lipinski definition) is 3. The Hall–Kier alpha value is -2.80. The number of benzene rings is 1. The number of nitriles is 1. The Morgan fingerprint density at radius 1 is 1.43 bits per heavy atom. The summed E-state index contributed by atoms with van der Waals surface area (Å²) in [5.41, 5.74) is 1.95. The molecule has 0 aliphatic carbocycles. The molecule has 0 atom stereocenters. The number of fused-ring (bicyclic) bond motifs is 1. The summed E-state index contributed by atoms with van der Waals surface area (Å²) in [6.45, 7) is 6.58. The van der Waals surface area contributed by atoms with Crippen LogP contribution in [-0.4, -0.2) is 17.1 Å². The van der Waals surface area contributed by atoms with Crippen molar-refractivity contribution in [3.8, 4) is 6.07 Å². The van der Waals surface area contributed by atoms with Crippen LogP contribution in [0, 0.1) is 11.3 Å². The molecule has 118 valence electrons. The molecule has 0 radical (unpaired) electrons. The number of unbranched alkanes of at least 4 members (excludes halogenated alkanes) is 1. The summed E-state index contributed by atoms with van der Waals surface area (Å²) in [4.78, 5) is 11.8. The van der Waals surface area contributed by atoms with Gasteiger partial charge in [0, 0.05) is 29.2 Å². The Morgan fingerprint density at radius 2 is 2.22 bits per heavy atom. The predicted octanol–water partition coefficient (Wildman–Crippen LogP) is 4.08. The van der Waals surface area contributed by atoms with Gasteiger partial charge in [0.05, 0.1) is 6.61 Å². The van der Waals surface area contributed by atoms with E-state index < -0.39 is 5.97 Å². The van der Waals surface area contributed by atoms with Crippen molar-refractivity contribution in [1.82, 2.24) is 4.57 Å². The number of ether oxygens (including phenoxy) is 1. The van der Waals surface area contributed by atoms with E-state index in [4.69, 9.17) is 4.74 Å². The fraction of sp³-hybridized carbons (Fsp3) is 0.263. The van der Waals surface area contributed by atoms with Crippen LogP contribution in [0.15, 0.2) is 48.7 Å². The molecule has 0 aliphatic heterocycles. The molecule has 1 aromatic carbocycles.